The summed E-state index contributed by atoms with van der Waals surface area (Å²) in [5, 5.41) is 13.0. The minimum atomic E-state index is 0.585. The molecule has 2 aromatic rings. The minimum absolute atomic E-state index is 0.585. The Morgan fingerprint density at radius 1 is 1.25 bits per heavy atom. The van der Waals surface area contributed by atoms with Crippen LogP contribution in [0.3, 0.4) is 0 Å². The van der Waals surface area contributed by atoms with Gasteiger partial charge in [-0.2, -0.15) is 5.26 Å². The van der Waals surface area contributed by atoms with Crippen LogP contribution in [0, 0.1) is 25.2 Å². The third-order valence-corrected chi connectivity index (χ3v) is 2.64. The number of aryl methyl sites for hydroxylation is 2. The summed E-state index contributed by atoms with van der Waals surface area (Å²) < 4.78 is 0. The zero-order valence-electron chi connectivity index (χ0n) is 9.63. The fraction of sp³-hybridized carbons (Fsp3) is 0.231. The van der Waals surface area contributed by atoms with Crippen LogP contribution < -0.4 is 5.32 Å². The van der Waals surface area contributed by atoms with Gasteiger partial charge in [0.05, 0.1) is 11.1 Å². The quantitative estimate of drug-likeness (QED) is 0.789. The van der Waals surface area contributed by atoms with E-state index >= 15 is 0 Å². The summed E-state index contributed by atoms with van der Waals surface area (Å²) in [5.41, 5.74) is 3.86. The number of nitriles is 1. The van der Waals surface area contributed by atoms with E-state index in [1.807, 2.05) is 26.0 Å². The molecule has 0 spiro atoms. The maximum Gasteiger partial charge on any atom is 0.144 e. The van der Waals surface area contributed by atoms with Crippen molar-refractivity contribution in [3.63, 3.8) is 0 Å². The number of aromatic nitrogens is 1. The largest absolute Gasteiger partial charge is 0.372 e. The Morgan fingerprint density at radius 3 is 2.62 bits per heavy atom. The van der Waals surface area contributed by atoms with Crippen LogP contribution in [0.15, 0.2) is 18.2 Å². The lowest BCUT2D eigenvalue weighted by molar-refractivity contribution is 1.30. The summed E-state index contributed by atoms with van der Waals surface area (Å²) in [5.74, 6) is 0.639. The second-order valence-electron chi connectivity index (χ2n) is 3.89. The van der Waals surface area contributed by atoms with Crippen molar-refractivity contribution in [3.05, 3.63) is 34.9 Å². The summed E-state index contributed by atoms with van der Waals surface area (Å²) >= 11 is 0. The molecule has 0 atom stereocenters. The molecule has 0 amide bonds. The first-order chi connectivity index (χ1) is 7.65. The Bertz CT molecular complexity index is 594. The molecule has 0 fully saturated rings. The van der Waals surface area contributed by atoms with Gasteiger partial charge in [-0.05, 0) is 37.1 Å². The van der Waals surface area contributed by atoms with E-state index in [4.69, 9.17) is 5.26 Å². The van der Waals surface area contributed by atoms with Gasteiger partial charge in [0, 0.05) is 12.4 Å². The average Bonchev–Trinajstić information content (AvgIpc) is 2.27. The standard InChI is InChI=1S/C13H13N3/c1-8-4-9(2)11-6-10(7-14)13(15-3)16-12(11)5-8/h4-6H,1-3H3,(H,15,16). The van der Waals surface area contributed by atoms with Crippen LogP contribution in [-0.2, 0) is 0 Å². The molecule has 0 bridgehead atoms. The second kappa shape index (κ2) is 3.82. The minimum Gasteiger partial charge on any atom is -0.372 e. The third-order valence-electron chi connectivity index (χ3n) is 2.64. The number of pyridine rings is 1. The van der Waals surface area contributed by atoms with Crippen LogP contribution in [0.1, 0.15) is 16.7 Å². The van der Waals surface area contributed by atoms with Crippen molar-refractivity contribution in [1.82, 2.24) is 4.98 Å². The molecule has 2 rings (SSSR count). The van der Waals surface area contributed by atoms with E-state index in [1.165, 1.54) is 5.56 Å². The Balaban J connectivity index is 2.84. The Labute approximate surface area is 94.7 Å². The fourth-order valence-corrected chi connectivity index (χ4v) is 1.91. The number of anilines is 1. The Kier molecular flexibility index (Phi) is 2.49. The SMILES string of the molecule is CNc1nc2cc(C)cc(C)c2cc1C#N. The van der Waals surface area contributed by atoms with Crippen LogP contribution in [0.4, 0.5) is 5.82 Å². The molecule has 80 valence electrons. The van der Waals surface area contributed by atoms with E-state index in [9.17, 15) is 0 Å². The lowest BCUT2D eigenvalue weighted by atomic mass is 10.0. The lowest BCUT2D eigenvalue weighted by Gasteiger charge is -2.07. The van der Waals surface area contributed by atoms with Crippen molar-refractivity contribution in [2.75, 3.05) is 12.4 Å². The average molecular weight is 211 g/mol. The van der Waals surface area contributed by atoms with Gasteiger partial charge >= 0.3 is 0 Å². The zero-order valence-corrected chi connectivity index (χ0v) is 9.63. The lowest BCUT2D eigenvalue weighted by Crippen LogP contribution is -1.97. The molecule has 0 aliphatic carbocycles. The summed E-state index contributed by atoms with van der Waals surface area (Å²) in [7, 11) is 1.78. The van der Waals surface area contributed by atoms with Crippen LogP contribution >= 0.6 is 0 Å². The molecule has 1 aromatic carbocycles. The zero-order chi connectivity index (χ0) is 11.7. The Hall–Kier alpha value is -2.08. The van der Waals surface area contributed by atoms with Crippen molar-refractivity contribution in [3.8, 4) is 6.07 Å². The van der Waals surface area contributed by atoms with Gasteiger partial charge < -0.3 is 5.32 Å². The molecular weight excluding hydrogens is 198 g/mol. The fourth-order valence-electron chi connectivity index (χ4n) is 1.91. The van der Waals surface area contributed by atoms with Crippen molar-refractivity contribution in [2.24, 2.45) is 0 Å². The molecule has 16 heavy (non-hydrogen) atoms. The maximum atomic E-state index is 9.02. The molecule has 0 saturated carbocycles. The highest BCUT2D eigenvalue weighted by Gasteiger charge is 2.07. The summed E-state index contributed by atoms with van der Waals surface area (Å²) in [6.45, 7) is 4.09. The van der Waals surface area contributed by atoms with Crippen molar-refractivity contribution in [1.29, 1.82) is 5.26 Å². The van der Waals surface area contributed by atoms with Gasteiger partial charge in [0.2, 0.25) is 0 Å². The van der Waals surface area contributed by atoms with E-state index in [-0.39, 0.29) is 0 Å². The number of nitrogens with zero attached hydrogens (tertiary/aromatic N) is 2. The predicted molar refractivity (Wildman–Crippen MR) is 65.5 cm³/mol. The van der Waals surface area contributed by atoms with Crippen LogP contribution in [0.2, 0.25) is 0 Å². The first kappa shape index (κ1) is 10.4. The molecule has 0 radical (unpaired) electrons. The van der Waals surface area contributed by atoms with E-state index in [0.29, 0.717) is 11.4 Å². The highest BCUT2D eigenvalue weighted by atomic mass is 15.0. The van der Waals surface area contributed by atoms with Gasteiger partial charge in [-0.25, -0.2) is 4.98 Å². The summed E-state index contributed by atoms with van der Waals surface area (Å²) in [4.78, 5) is 4.45. The first-order valence-electron chi connectivity index (χ1n) is 5.15. The van der Waals surface area contributed by atoms with Gasteiger partial charge in [-0.3, -0.25) is 0 Å². The molecule has 1 N–H and O–H groups in total. The second-order valence-corrected chi connectivity index (χ2v) is 3.89. The number of fused-ring (bicyclic) bond motifs is 1. The van der Waals surface area contributed by atoms with Crippen molar-refractivity contribution < 1.29 is 0 Å². The topological polar surface area (TPSA) is 48.7 Å². The van der Waals surface area contributed by atoms with E-state index in [0.717, 1.165) is 16.5 Å². The smallest absolute Gasteiger partial charge is 0.144 e. The van der Waals surface area contributed by atoms with E-state index in [2.05, 4.69) is 22.4 Å². The number of hydrogen-bond donors (Lipinski definition) is 1. The Morgan fingerprint density at radius 2 is 2.00 bits per heavy atom. The molecule has 0 aliphatic rings. The number of nitrogens with one attached hydrogen (secondary N) is 1. The predicted octanol–water partition coefficient (Wildman–Crippen LogP) is 2.77. The summed E-state index contributed by atoms with van der Waals surface area (Å²) in [6, 6.07) is 8.18. The first-order valence-corrected chi connectivity index (χ1v) is 5.15. The maximum absolute atomic E-state index is 9.02. The molecular formula is C13H13N3. The normalized spacial score (nSPS) is 10.1. The van der Waals surface area contributed by atoms with Gasteiger partial charge in [-0.15, -0.1) is 0 Å². The number of hydrogen-bond acceptors (Lipinski definition) is 3. The van der Waals surface area contributed by atoms with Crippen LogP contribution in [-0.4, -0.2) is 12.0 Å². The van der Waals surface area contributed by atoms with Gasteiger partial charge in [-0.1, -0.05) is 6.07 Å². The highest BCUT2D eigenvalue weighted by molar-refractivity contribution is 5.86. The van der Waals surface area contributed by atoms with E-state index < -0.39 is 0 Å². The molecule has 3 nitrogen and oxygen atoms in total. The van der Waals surface area contributed by atoms with Crippen molar-refractivity contribution in [2.45, 2.75) is 13.8 Å². The molecule has 1 aromatic heterocycles. The van der Waals surface area contributed by atoms with Gasteiger partial charge in [0.25, 0.3) is 0 Å². The number of benzene rings is 1. The molecule has 0 saturated heterocycles. The molecule has 3 heteroatoms. The van der Waals surface area contributed by atoms with Gasteiger partial charge in [0.1, 0.15) is 11.9 Å². The highest BCUT2D eigenvalue weighted by Crippen LogP contribution is 2.23. The number of rotatable bonds is 1. The summed E-state index contributed by atoms with van der Waals surface area (Å²) in [6.07, 6.45) is 0. The monoisotopic (exact) mass is 211 g/mol. The molecule has 0 unspecified atom stereocenters. The molecule has 0 aliphatic heterocycles. The van der Waals surface area contributed by atoms with Crippen LogP contribution in [0.25, 0.3) is 10.9 Å². The van der Waals surface area contributed by atoms with Crippen LogP contribution in [0.5, 0.6) is 0 Å². The molecule has 1 heterocycles. The van der Waals surface area contributed by atoms with Gasteiger partial charge in [0.15, 0.2) is 0 Å². The van der Waals surface area contributed by atoms with E-state index in [1.54, 1.807) is 7.05 Å². The van der Waals surface area contributed by atoms with Crippen molar-refractivity contribution >= 4 is 16.7 Å². The third kappa shape index (κ3) is 1.59.